The second-order valence-corrected chi connectivity index (χ2v) is 6.30. The first-order valence-electron chi connectivity index (χ1n) is 7.87. The lowest BCUT2D eigenvalue weighted by molar-refractivity contribution is 0.0928. The van der Waals surface area contributed by atoms with Gasteiger partial charge in [0.05, 0.1) is 11.7 Å². The first-order chi connectivity index (χ1) is 11.0. The number of aryl methyl sites for hydroxylation is 3. The minimum Gasteiger partial charge on any atom is -0.354 e. The van der Waals surface area contributed by atoms with Gasteiger partial charge >= 0.3 is 0 Å². The average molecular weight is 311 g/mol. The Kier molecular flexibility index (Phi) is 4.03. The van der Waals surface area contributed by atoms with Crippen molar-refractivity contribution < 1.29 is 4.79 Å². The number of carbonyl (C=O) groups excluding carboxylic acids is 1. The predicted molar refractivity (Wildman–Crippen MR) is 88.3 cm³/mol. The van der Waals surface area contributed by atoms with Gasteiger partial charge in [0, 0.05) is 30.7 Å². The Morgan fingerprint density at radius 3 is 2.74 bits per heavy atom. The standard InChI is InChI=1S/C18H21N3O2/c1-11-5-4-6-15(19-11)17(13-7-8-13)20-18(23)14-10-21(3)12(2)9-16(14)22/h4-6,9-10,13,17H,7-8H2,1-3H3,(H,20,23). The molecule has 5 nitrogen and oxygen atoms in total. The minimum absolute atomic E-state index is 0.131. The molecule has 1 amide bonds. The highest BCUT2D eigenvalue weighted by molar-refractivity contribution is 5.94. The number of amides is 1. The number of rotatable bonds is 4. The van der Waals surface area contributed by atoms with Gasteiger partial charge in [0.15, 0.2) is 5.43 Å². The Morgan fingerprint density at radius 1 is 1.35 bits per heavy atom. The second-order valence-electron chi connectivity index (χ2n) is 6.30. The van der Waals surface area contributed by atoms with Crippen molar-refractivity contribution in [3.8, 4) is 0 Å². The lowest BCUT2D eigenvalue weighted by Gasteiger charge is -2.18. The molecule has 0 aromatic carbocycles. The van der Waals surface area contributed by atoms with E-state index in [1.165, 1.54) is 6.07 Å². The highest BCUT2D eigenvalue weighted by Gasteiger charge is 2.34. The zero-order valence-electron chi connectivity index (χ0n) is 13.7. The number of nitrogens with zero attached hydrogens (tertiary/aromatic N) is 2. The molecule has 0 bridgehead atoms. The van der Waals surface area contributed by atoms with Gasteiger partial charge in [-0.15, -0.1) is 0 Å². The molecule has 2 heterocycles. The van der Waals surface area contributed by atoms with Gasteiger partial charge in [0.1, 0.15) is 5.56 Å². The third kappa shape index (κ3) is 3.33. The van der Waals surface area contributed by atoms with Crippen LogP contribution in [0.25, 0.3) is 0 Å². The SMILES string of the molecule is Cc1cccc(C(NC(=O)c2cn(C)c(C)cc2=O)C2CC2)n1. The van der Waals surface area contributed by atoms with Crippen molar-refractivity contribution >= 4 is 5.91 Å². The monoisotopic (exact) mass is 311 g/mol. The third-order valence-corrected chi connectivity index (χ3v) is 4.34. The number of hydrogen-bond acceptors (Lipinski definition) is 3. The fourth-order valence-corrected chi connectivity index (χ4v) is 2.72. The summed E-state index contributed by atoms with van der Waals surface area (Å²) < 4.78 is 1.79. The summed E-state index contributed by atoms with van der Waals surface area (Å²) in [5.41, 5.74) is 2.55. The van der Waals surface area contributed by atoms with Crippen molar-refractivity contribution in [2.45, 2.75) is 32.7 Å². The van der Waals surface area contributed by atoms with E-state index in [1.54, 1.807) is 10.8 Å². The Labute approximate surface area is 135 Å². The van der Waals surface area contributed by atoms with Gasteiger partial charge < -0.3 is 9.88 Å². The van der Waals surface area contributed by atoms with Gasteiger partial charge in [-0.3, -0.25) is 14.6 Å². The molecule has 2 aromatic heterocycles. The molecule has 23 heavy (non-hydrogen) atoms. The van der Waals surface area contributed by atoms with Crippen molar-refractivity contribution in [1.82, 2.24) is 14.9 Å². The van der Waals surface area contributed by atoms with E-state index in [9.17, 15) is 9.59 Å². The topological polar surface area (TPSA) is 64.0 Å². The number of hydrogen-bond donors (Lipinski definition) is 1. The average Bonchev–Trinajstić information content (AvgIpc) is 3.33. The van der Waals surface area contributed by atoms with Gasteiger partial charge in [-0.2, -0.15) is 0 Å². The lowest BCUT2D eigenvalue weighted by Crippen LogP contribution is -2.34. The molecular formula is C18H21N3O2. The van der Waals surface area contributed by atoms with Crippen LogP contribution in [-0.2, 0) is 7.05 Å². The van der Waals surface area contributed by atoms with E-state index in [1.807, 2.05) is 39.1 Å². The maximum Gasteiger partial charge on any atom is 0.257 e. The van der Waals surface area contributed by atoms with Crippen molar-refractivity contribution in [1.29, 1.82) is 0 Å². The van der Waals surface area contributed by atoms with Crippen LogP contribution in [0.1, 0.15) is 46.3 Å². The van der Waals surface area contributed by atoms with Crippen LogP contribution in [0.15, 0.2) is 35.3 Å². The van der Waals surface area contributed by atoms with Crippen molar-refractivity contribution in [2.75, 3.05) is 0 Å². The van der Waals surface area contributed by atoms with Gasteiger partial charge in [-0.1, -0.05) is 6.07 Å². The number of carbonyl (C=O) groups is 1. The molecule has 2 aromatic rings. The number of nitrogens with one attached hydrogen (secondary N) is 1. The summed E-state index contributed by atoms with van der Waals surface area (Å²) in [7, 11) is 1.83. The molecular weight excluding hydrogens is 290 g/mol. The van der Waals surface area contributed by atoms with Crippen LogP contribution in [0.3, 0.4) is 0 Å². The van der Waals surface area contributed by atoms with E-state index in [0.29, 0.717) is 5.92 Å². The molecule has 1 saturated carbocycles. The minimum atomic E-state index is -0.328. The molecule has 0 aliphatic heterocycles. The van der Waals surface area contributed by atoms with Crippen LogP contribution in [0.4, 0.5) is 0 Å². The van der Waals surface area contributed by atoms with Crippen LogP contribution >= 0.6 is 0 Å². The third-order valence-electron chi connectivity index (χ3n) is 4.34. The molecule has 1 unspecified atom stereocenters. The second kappa shape index (κ2) is 5.99. The molecule has 1 aliphatic rings. The lowest BCUT2D eigenvalue weighted by atomic mass is 10.1. The predicted octanol–water partition coefficient (Wildman–Crippen LogP) is 2.28. The fraction of sp³-hybridized carbons (Fsp3) is 0.389. The molecule has 1 N–H and O–H groups in total. The molecule has 1 fully saturated rings. The van der Waals surface area contributed by atoms with Gasteiger partial charge in [0.25, 0.3) is 5.91 Å². The van der Waals surface area contributed by atoms with Gasteiger partial charge in [-0.25, -0.2) is 0 Å². The van der Waals surface area contributed by atoms with Crippen LogP contribution < -0.4 is 10.7 Å². The molecule has 0 saturated heterocycles. The van der Waals surface area contributed by atoms with E-state index >= 15 is 0 Å². The number of pyridine rings is 2. The van der Waals surface area contributed by atoms with Crippen molar-refractivity contribution in [3.63, 3.8) is 0 Å². The van der Waals surface area contributed by atoms with Gasteiger partial charge in [0.2, 0.25) is 0 Å². The molecule has 3 rings (SSSR count). The van der Waals surface area contributed by atoms with E-state index in [2.05, 4.69) is 10.3 Å². The van der Waals surface area contributed by atoms with Crippen LogP contribution in [-0.4, -0.2) is 15.5 Å². The van der Waals surface area contributed by atoms with Crippen molar-refractivity contribution in [3.05, 3.63) is 63.3 Å². The zero-order valence-corrected chi connectivity index (χ0v) is 13.7. The summed E-state index contributed by atoms with van der Waals surface area (Å²) in [6.45, 7) is 3.78. The zero-order chi connectivity index (χ0) is 16.6. The van der Waals surface area contributed by atoms with Gasteiger partial charge in [-0.05, 0) is 44.7 Å². The first kappa shape index (κ1) is 15.5. The highest BCUT2D eigenvalue weighted by Crippen LogP contribution is 2.40. The summed E-state index contributed by atoms with van der Waals surface area (Å²) in [6, 6.07) is 7.18. The first-order valence-corrected chi connectivity index (χ1v) is 7.87. The Morgan fingerprint density at radius 2 is 2.09 bits per heavy atom. The summed E-state index contributed by atoms with van der Waals surface area (Å²) in [4.78, 5) is 29.2. The Bertz CT molecular complexity index is 806. The quantitative estimate of drug-likeness (QED) is 0.942. The van der Waals surface area contributed by atoms with Crippen LogP contribution in [0.5, 0.6) is 0 Å². The van der Waals surface area contributed by atoms with E-state index < -0.39 is 0 Å². The fourth-order valence-electron chi connectivity index (χ4n) is 2.72. The van der Waals surface area contributed by atoms with Crippen molar-refractivity contribution in [2.24, 2.45) is 13.0 Å². The van der Waals surface area contributed by atoms with Crippen LogP contribution in [0, 0.1) is 19.8 Å². The summed E-state index contributed by atoms with van der Waals surface area (Å²) >= 11 is 0. The highest BCUT2D eigenvalue weighted by atomic mass is 16.2. The smallest absolute Gasteiger partial charge is 0.257 e. The summed E-state index contributed by atoms with van der Waals surface area (Å²) in [6.07, 6.45) is 3.75. The summed E-state index contributed by atoms with van der Waals surface area (Å²) in [5, 5.41) is 3.01. The maximum absolute atomic E-state index is 12.6. The Balaban J connectivity index is 1.88. The van der Waals surface area contributed by atoms with E-state index in [4.69, 9.17) is 0 Å². The van der Waals surface area contributed by atoms with E-state index in [0.717, 1.165) is 29.9 Å². The normalized spacial score (nSPS) is 15.3. The molecule has 1 atom stereocenters. The maximum atomic E-state index is 12.6. The summed E-state index contributed by atoms with van der Waals surface area (Å²) in [5.74, 6) is 0.0772. The Hall–Kier alpha value is -2.43. The molecule has 5 heteroatoms. The molecule has 120 valence electrons. The molecule has 0 radical (unpaired) electrons. The largest absolute Gasteiger partial charge is 0.354 e. The molecule has 0 spiro atoms. The van der Waals surface area contributed by atoms with Crippen LogP contribution in [0.2, 0.25) is 0 Å². The number of aromatic nitrogens is 2. The van der Waals surface area contributed by atoms with E-state index in [-0.39, 0.29) is 22.9 Å². The molecule has 1 aliphatic carbocycles.